The van der Waals surface area contributed by atoms with Gasteiger partial charge in [-0.25, -0.2) is 0 Å². The largest absolute Gasteiger partial charge is 0.503 e. The Labute approximate surface area is 204 Å². The summed E-state index contributed by atoms with van der Waals surface area (Å²) in [6, 6.07) is 24.1. The third kappa shape index (κ3) is 3.38. The maximum absolute atomic E-state index is 13.7. The first-order chi connectivity index (χ1) is 17.0. The van der Waals surface area contributed by atoms with E-state index in [1.165, 1.54) is 4.90 Å². The first-order valence-electron chi connectivity index (χ1n) is 10.9. The highest BCUT2D eigenvalue weighted by Crippen LogP contribution is 2.43. The molecule has 1 aliphatic rings. The van der Waals surface area contributed by atoms with Crippen molar-refractivity contribution in [2.75, 3.05) is 4.90 Å². The maximum Gasteiger partial charge on any atom is 0.294 e. The molecule has 35 heavy (non-hydrogen) atoms. The summed E-state index contributed by atoms with van der Waals surface area (Å²) in [7, 11) is 0. The number of hydrogen-bond acceptors (Lipinski definition) is 5. The molecule has 1 amide bonds. The number of halogens is 1. The van der Waals surface area contributed by atoms with E-state index in [9.17, 15) is 14.7 Å². The molecule has 2 aromatic heterocycles. The number of rotatable bonds is 4. The molecule has 7 heteroatoms. The van der Waals surface area contributed by atoms with Crippen LogP contribution in [0.2, 0.25) is 5.02 Å². The number of nitrogens with zero attached hydrogens (tertiary/aromatic N) is 2. The summed E-state index contributed by atoms with van der Waals surface area (Å²) in [6.45, 7) is 0. The topological polar surface area (TPSA) is 83.6 Å². The van der Waals surface area contributed by atoms with E-state index in [1.54, 1.807) is 54.7 Å². The molecule has 0 aliphatic carbocycles. The molecule has 0 radical (unpaired) electrons. The van der Waals surface area contributed by atoms with Gasteiger partial charge in [0.1, 0.15) is 11.6 Å². The van der Waals surface area contributed by atoms with Crippen molar-refractivity contribution in [1.82, 2.24) is 4.98 Å². The summed E-state index contributed by atoms with van der Waals surface area (Å²) in [6.07, 6.45) is 1.59. The molecule has 1 unspecified atom stereocenters. The number of carbonyl (C=O) groups excluding carboxylic acids is 2. The highest BCUT2D eigenvalue weighted by molar-refractivity contribution is 6.31. The quantitative estimate of drug-likeness (QED) is 0.300. The Kier molecular flexibility index (Phi) is 4.90. The van der Waals surface area contributed by atoms with Crippen LogP contribution in [0.5, 0.6) is 0 Å². The summed E-state index contributed by atoms with van der Waals surface area (Å²) in [4.78, 5) is 33.1. The highest BCUT2D eigenvalue weighted by Gasteiger charge is 2.46. The van der Waals surface area contributed by atoms with Crippen LogP contribution in [-0.4, -0.2) is 21.8 Å². The molecule has 1 N–H and O–H groups in total. The third-order valence-corrected chi connectivity index (χ3v) is 6.38. The number of aromatic nitrogens is 1. The number of furan rings is 1. The van der Waals surface area contributed by atoms with E-state index in [0.29, 0.717) is 27.4 Å². The van der Waals surface area contributed by atoms with Gasteiger partial charge < -0.3 is 9.52 Å². The monoisotopic (exact) mass is 480 g/mol. The molecule has 1 atom stereocenters. The van der Waals surface area contributed by atoms with Gasteiger partial charge >= 0.3 is 0 Å². The van der Waals surface area contributed by atoms with E-state index in [4.69, 9.17) is 16.0 Å². The molecule has 170 valence electrons. The Balaban J connectivity index is 1.54. The number of aliphatic hydroxyl groups excluding tert-OH is 1. The van der Waals surface area contributed by atoms with Gasteiger partial charge in [-0.2, -0.15) is 0 Å². The van der Waals surface area contributed by atoms with Crippen LogP contribution in [0.3, 0.4) is 0 Å². The van der Waals surface area contributed by atoms with Crippen LogP contribution in [0.4, 0.5) is 5.69 Å². The Morgan fingerprint density at radius 3 is 2.57 bits per heavy atom. The SMILES string of the molecule is O=C(C1=C(O)C(=O)N(c2cccc3ccccc23)C1c1ccccn1)c1cc2cc(Cl)ccc2o1. The maximum atomic E-state index is 13.7. The molecule has 3 heterocycles. The van der Waals surface area contributed by atoms with E-state index < -0.39 is 23.5 Å². The van der Waals surface area contributed by atoms with Crippen molar-refractivity contribution >= 4 is 50.7 Å². The van der Waals surface area contributed by atoms with Gasteiger partial charge in [0, 0.05) is 22.0 Å². The predicted octanol–water partition coefficient (Wildman–Crippen LogP) is 6.42. The molecule has 5 aromatic rings. The van der Waals surface area contributed by atoms with Crippen LogP contribution in [0.25, 0.3) is 21.7 Å². The molecule has 6 rings (SSSR count). The number of fused-ring (bicyclic) bond motifs is 2. The molecule has 0 fully saturated rings. The lowest BCUT2D eigenvalue weighted by Gasteiger charge is -2.27. The molecule has 0 spiro atoms. The van der Waals surface area contributed by atoms with Gasteiger partial charge in [-0.1, -0.05) is 54.1 Å². The van der Waals surface area contributed by atoms with Crippen LogP contribution >= 0.6 is 11.6 Å². The zero-order chi connectivity index (χ0) is 24.1. The first kappa shape index (κ1) is 21.1. The summed E-state index contributed by atoms with van der Waals surface area (Å²) in [5.74, 6) is -1.91. The second-order valence-corrected chi connectivity index (χ2v) is 8.65. The summed E-state index contributed by atoms with van der Waals surface area (Å²) < 4.78 is 5.77. The van der Waals surface area contributed by atoms with Crippen molar-refractivity contribution in [3.63, 3.8) is 0 Å². The van der Waals surface area contributed by atoms with Gasteiger partial charge in [0.05, 0.1) is 17.0 Å². The van der Waals surface area contributed by atoms with Crippen LogP contribution in [0, 0.1) is 0 Å². The van der Waals surface area contributed by atoms with Gasteiger partial charge in [0.25, 0.3) is 5.91 Å². The van der Waals surface area contributed by atoms with Crippen molar-refractivity contribution in [2.24, 2.45) is 0 Å². The molecule has 0 bridgehead atoms. The van der Waals surface area contributed by atoms with E-state index in [0.717, 1.165) is 10.8 Å². The number of benzene rings is 3. The fraction of sp³-hybridized carbons (Fsp3) is 0.0357. The minimum Gasteiger partial charge on any atom is -0.503 e. The number of anilines is 1. The third-order valence-electron chi connectivity index (χ3n) is 6.15. The van der Waals surface area contributed by atoms with Gasteiger partial charge in [-0.15, -0.1) is 0 Å². The second-order valence-electron chi connectivity index (χ2n) is 8.21. The van der Waals surface area contributed by atoms with Crippen molar-refractivity contribution < 1.29 is 19.1 Å². The van der Waals surface area contributed by atoms with Gasteiger partial charge in [-0.3, -0.25) is 19.5 Å². The van der Waals surface area contributed by atoms with E-state index >= 15 is 0 Å². The normalized spacial score (nSPS) is 16.0. The van der Waals surface area contributed by atoms with Gasteiger partial charge in [-0.05, 0) is 47.9 Å². The molecular weight excluding hydrogens is 464 g/mol. The molecule has 0 saturated carbocycles. The van der Waals surface area contributed by atoms with Crippen molar-refractivity contribution in [3.8, 4) is 0 Å². The number of carbonyl (C=O) groups is 2. The van der Waals surface area contributed by atoms with Crippen LogP contribution in [-0.2, 0) is 4.79 Å². The zero-order valence-electron chi connectivity index (χ0n) is 18.2. The lowest BCUT2D eigenvalue weighted by Crippen LogP contribution is -2.31. The lowest BCUT2D eigenvalue weighted by molar-refractivity contribution is -0.117. The summed E-state index contributed by atoms with van der Waals surface area (Å²) >= 11 is 6.08. The van der Waals surface area contributed by atoms with E-state index in [2.05, 4.69) is 4.98 Å². The fourth-order valence-corrected chi connectivity index (χ4v) is 4.76. The number of hydrogen-bond donors (Lipinski definition) is 1. The number of pyridine rings is 1. The molecular formula is C28H17ClN2O4. The minimum absolute atomic E-state index is 0.00248. The Morgan fingerprint density at radius 2 is 1.74 bits per heavy atom. The minimum atomic E-state index is -0.946. The van der Waals surface area contributed by atoms with Crippen LogP contribution in [0.1, 0.15) is 22.3 Å². The molecule has 6 nitrogen and oxygen atoms in total. The Hall–Kier alpha value is -4.42. The average Bonchev–Trinajstić information content (AvgIpc) is 3.42. The van der Waals surface area contributed by atoms with Crippen LogP contribution in [0.15, 0.2) is 107 Å². The lowest BCUT2D eigenvalue weighted by atomic mass is 9.97. The average molecular weight is 481 g/mol. The number of Topliss-reactive ketones (excluding diaryl/α,β-unsaturated/α-hetero) is 1. The molecule has 3 aromatic carbocycles. The van der Waals surface area contributed by atoms with Gasteiger partial charge in [0.2, 0.25) is 5.78 Å². The second kappa shape index (κ2) is 8.11. The molecule has 1 aliphatic heterocycles. The van der Waals surface area contributed by atoms with E-state index in [1.807, 2.05) is 36.4 Å². The number of amides is 1. The first-order valence-corrected chi connectivity index (χ1v) is 11.3. The zero-order valence-corrected chi connectivity index (χ0v) is 18.9. The van der Waals surface area contributed by atoms with Crippen molar-refractivity contribution in [2.45, 2.75) is 6.04 Å². The highest BCUT2D eigenvalue weighted by atomic mass is 35.5. The number of ketones is 1. The van der Waals surface area contributed by atoms with Crippen molar-refractivity contribution in [1.29, 1.82) is 0 Å². The smallest absolute Gasteiger partial charge is 0.294 e. The predicted molar refractivity (Wildman–Crippen MR) is 134 cm³/mol. The summed E-state index contributed by atoms with van der Waals surface area (Å²) in [5.41, 5.74) is 1.39. The Morgan fingerprint density at radius 1 is 0.943 bits per heavy atom. The fourth-order valence-electron chi connectivity index (χ4n) is 4.58. The van der Waals surface area contributed by atoms with Gasteiger partial charge in [0.15, 0.2) is 11.5 Å². The van der Waals surface area contributed by atoms with Crippen LogP contribution < -0.4 is 4.90 Å². The van der Waals surface area contributed by atoms with E-state index in [-0.39, 0.29) is 11.3 Å². The number of aliphatic hydroxyl groups is 1. The molecule has 0 saturated heterocycles. The van der Waals surface area contributed by atoms with Crippen molar-refractivity contribution in [3.05, 3.63) is 119 Å². The summed E-state index contributed by atoms with van der Waals surface area (Å²) in [5, 5.41) is 13.9. The Bertz CT molecular complexity index is 1670. The standard InChI is InChI=1S/C28H17ClN2O4/c29-18-11-12-22-17(14-18)15-23(35-22)26(32)24-25(20-9-3-4-13-30-20)31(28(34)27(24)33)21-10-5-7-16-6-1-2-8-19(16)21/h1-15,25,33H.